The predicted molar refractivity (Wildman–Crippen MR) is 38.3 cm³/mol. The van der Waals surface area contributed by atoms with Crippen molar-refractivity contribution in [2.45, 2.75) is 19.4 Å². The van der Waals surface area contributed by atoms with Crippen LogP contribution in [0, 0.1) is 6.54 Å². The summed E-state index contributed by atoms with van der Waals surface area (Å²) in [7, 11) is 0. The lowest BCUT2D eigenvalue weighted by Gasteiger charge is -2.04. The minimum absolute atomic E-state index is 0.196. The van der Waals surface area contributed by atoms with Crippen LogP contribution in [0.5, 0.6) is 0 Å². The van der Waals surface area contributed by atoms with Gasteiger partial charge in [0.2, 0.25) is 5.91 Å². The van der Waals surface area contributed by atoms with E-state index in [1.165, 1.54) is 6.92 Å². The van der Waals surface area contributed by atoms with E-state index in [1.54, 1.807) is 0 Å². The standard InChI is InChI=1S/C6H11N2O3/c1-4(7)6(11)8-3-2-5(9)10/h3-4H,2,7H2,1H3,(H,8,11)(H,9,10). The first-order valence-electron chi connectivity index (χ1n) is 3.13. The summed E-state index contributed by atoms with van der Waals surface area (Å²) < 4.78 is 0. The van der Waals surface area contributed by atoms with Crippen molar-refractivity contribution in [1.82, 2.24) is 5.32 Å². The zero-order chi connectivity index (χ0) is 8.85. The molecule has 1 amide bonds. The third-order valence-corrected chi connectivity index (χ3v) is 0.935. The number of carbonyl (C=O) groups is 2. The quantitative estimate of drug-likeness (QED) is 0.495. The van der Waals surface area contributed by atoms with Gasteiger partial charge in [-0.2, -0.15) is 0 Å². The van der Waals surface area contributed by atoms with Crippen LogP contribution in [0.1, 0.15) is 13.3 Å². The Labute approximate surface area is 64.6 Å². The SMILES string of the molecule is CC(N)C(=O)N[CH]CC(=O)O. The van der Waals surface area contributed by atoms with Crippen LogP contribution in [-0.4, -0.2) is 23.0 Å². The van der Waals surface area contributed by atoms with E-state index in [4.69, 9.17) is 10.8 Å². The van der Waals surface area contributed by atoms with E-state index in [9.17, 15) is 9.59 Å². The summed E-state index contributed by atoms with van der Waals surface area (Å²) in [5, 5.41) is 10.4. The zero-order valence-electron chi connectivity index (χ0n) is 6.20. The average Bonchev–Trinajstić information content (AvgIpc) is 1.86. The summed E-state index contributed by atoms with van der Waals surface area (Å²) in [5.41, 5.74) is 5.17. The maximum absolute atomic E-state index is 10.7. The molecule has 0 aliphatic carbocycles. The molecule has 0 aromatic heterocycles. The van der Waals surface area contributed by atoms with Crippen LogP contribution in [0.15, 0.2) is 0 Å². The number of carbonyl (C=O) groups excluding carboxylic acids is 1. The maximum atomic E-state index is 10.7. The van der Waals surface area contributed by atoms with Gasteiger partial charge in [-0.1, -0.05) is 0 Å². The Morgan fingerprint density at radius 3 is 2.64 bits per heavy atom. The molecule has 0 aromatic carbocycles. The normalized spacial score (nSPS) is 12.2. The lowest BCUT2D eigenvalue weighted by Crippen LogP contribution is -2.37. The van der Waals surface area contributed by atoms with Gasteiger partial charge in [-0.05, 0) is 6.92 Å². The Balaban J connectivity index is 3.39. The van der Waals surface area contributed by atoms with Gasteiger partial charge in [-0.25, -0.2) is 0 Å². The average molecular weight is 159 g/mol. The zero-order valence-corrected chi connectivity index (χ0v) is 6.20. The minimum Gasteiger partial charge on any atom is -0.481 e. The van der Waals surface area contributed by atoms with Crippen LogP contribution in [0.2, 0.25) is 0 Å². The second kappa shape index (κ2) is 4.68. The first kappa shape index (κ1) is 9.90. The predicted octanol–water partition coefficient (Wildman–Crippen LogP) is -0.914. The molecule has 4 N–H and O–H groups in total. The highest BCUT2D eigenvalue weighted by molar-refractivity contribution is 5.82. The molecule has 0 heterocycles. The summed E-state index contributed by atoms with van der Waals surface area (Å²) in [6, 6.07) is -0.611. The molecule has 0 bridgehead atoms. The summed E-state index contributed by atoms with van der Waals surface area (Å²) in [5.74, 6) is -1.37. The van der Waals surface area contributed by atoms with Crippen molar-refractivity contribution in [2.24, 2.45) is 5.73 Å². The molecule has 0 rings (SSSR count). The molecule has 0 aliphatic heterocycles. The Morgan fingerprint density at radius 2 is 2.27 bits per heavy atom. The number of rotatable bonds is 4. The van der Waals surface area contributed by atoms with Crippen molar-refractivity contribution in [1.29, 1.82) is 0 Å². The molecule has 0 aromatic rings. The van der Waals surface area contributed by atoms with E-state index >= 15 is 0 Å². The lowest BCUT2D eigenvalue weighted by molar-refractivity contribution is -0.136. The summed E-state index contributed by atoms with van der Waals surface area (Å²) in [6.45, 7) is 2.68. The smallest absolute Gasteiger partial charge is 0.305 e. The number of nitrogens with two attached hydrogens (primary N) is 1. The Morgan fingerprint density at radius 1 is 1.73 bits per heavy atom. The first-order chi connectivity index (χ1) is 5.04. The number of nitrogens with one attached hydrogen (secondary N) is 1. The van der Waals surface area contributed by atoms with E-state index in [-0.39, 0.29) is 12.3 Å². The molecule has 1 radical (unpaired) electrons. The highest BCUT2D eigenvalue weighted by Crippen LogP contribution is 1.83. The van der Waals surface area contributed by atoms with E-state index < -0.39 is 12.0 Å². The second-order valence-corrected chi connectivity index (χ2v) is 2.10. The molecule has 0 saturated carbocycles. The van der Waals surface area contributed by atoms with Gasteiger partial charge in [0.25, 0.3) is 0 Å². The maximum Gasteiger partial charge on any atom is 0.305 e. The minimum atomic E-state index is -0.991. The molecule has 0 aliphatic rings. The monoisotopic (exact) mass is 159 g/mol. The van der Waals surface area contributed by atoms with Gasteiger partial charge in [0.15, 0.2) is 0 Å². The van der Waals surface area contributed by atoms with Gasteiger partial charge in [0.1, 0.15) is 0 Å². The van der Waals surface area contributed by atoms with E-state index in [2.05, 4.69) is 5.32 Å². The van der Waals surface area contributed by atoms with Crippen LogP contribution in [0.4, 0.5) is 0 Å². The van der Waals surface area contributed by atoms with Gasteiger partial charge < -0.3 is 16.2 Å². The molecule has 0 saturated heterocycles. The third-order valence-electron chi connectivity index (χ3n) is 0.935. The van der Waals surface area contributed by atoms with Crippen LogP contribution in [0.25, 0.3) is 0 Å². The number of hydrogen-bond acceptors (Lipinski definition) is 3. The molecule has 1 atom stereocenters. The number of carboxylic acid groups (broad SMARTS) is 1. The van der Waals surface area contributed by atoms with Crippen LogP contribution in [0.3, 0.4) is 0 Å². The summed E-state index contributed by atoms with van der Waals surface area (Å²) >= 11 is 0. The molecular weight excluding hydrogens is 148 g/mol. The van der Waals surface area contributed by atoms with Crippen LogP contribution in [-0.2, 0) is 9.59 Å². The highest BCUT2D eigenvalue weighted by Gasteiger charge is 2.06. The highest BCUT2D eigenvalue weighted by atomic mass is 16.4. The second-order valence-electron chi connectivity index (χ2n) is 2.10. The number of aliphatic carboxylic acids is 1. The number of hydrogen-bond donors (Lipinski definition) is 3. The largest absolute Gasteiger partial charge is 0.481 e. The molecule has 5 heteroatoms. The first-order valence-corrected chi connectivity index (χ1v) is 3.13. The van der Waals surface area contributed by atoms with Gasteiger partial charge >= 0.3 is 5.97 Å². The van der Waals surface area contributed by atoms with Gasteiger partial charge in [-0.3, -0.25) is 9.59 Å². The molecule has 1 unspecified atom stereocenters. The fourth-order valence-electron chi connectivity index (χ4n) is 0.370. The molecule has 63 valence electrons. The van der Waals surface area contributed by atoms with Gasteiger partial charge in [0, 0.05) is 0 Å². The Bertz CT molecular complexity index is 156. The lowest BCUT2D eigenvalue weighted by atomic mass is 10.3. The van der Waals surface area contributed by atoms with Crippen molar-refractivity contribution < 1.29 is 14.7 Å². The number of amides is 1. The van der Waals surface area contributed by atoms with Crippen molar-refractivity contribution in [3.05, 3.63) is 6.54 Å². The molecule has 0 spiro atoms. The number of carboxylic acids is 1. The van der Waals surface area contributed by atoms with E-state index in [1.807, 2.05) is 0 Å². The van der Waals surface area contributed by atoms with Crippen molar-refractivity contribution in [2.75, 3.05) is 0 Å². The van der Waals surface area contributed by atoms with Crippen LogP contribution < -0.4 is 11.1 Å². The fourth-order valence-corrected chi connectivity index (χ4v) is 0.370. The van der Waals surface area contributed by atoms with Gasteiger partial charge in [-0.15, -0.1) is 0 Å². The molecular formula is C6H11N2O3. The molecule has 0 fully saturated rings. The summed E-state index contributed by atoms with van der Waals surface area (Å²) in [6.07, 6.45) is -0.196. The molecule has 11 heavy (non-hydrogen) atoms. The van der Waals surface area contributed by atoms with Crippen molar-refractivity contribution >= 4 is 11.9 Å². The van der Waals surface area contributed by atoms with Crippen molar-refractivity contribution in [3.8, 4) is 0 Å². The third kappa shape index (κ3) is 5.35. The van der Waals surface area contributed by atoms with Gasteiger partial charge in [0.05, 0.1) is 19.0 Å². The fraction of sp³-hybridized carbons (Fsp3) is 0.500. The Kier molecular flexibility index (Phi) is 4.21. The van der Waals surface area contributed by atoms with E-state index in [0.717, 1.165) is 6.54 Å². The van der Waals surface area contributed by atoms with E-state index in [0.29, 0.717) is 0 Å². The molecule has 5 nitrogen and oxygen atoms in total. The topological polar surface area (TPSA) is 92.4 Å². The van der Waals surface area contributed by atoms with Crippen molar-refractivity contribution in [3.63, 3.8) is 0 Å². The van der Waals surface area contributed by atoms with Crippen LogP contribution >= 0.6 is 0 Å². The Hall–Kier alpha value is -1.10. The summed E-state index contributed by atoms with van der Waals surface area (Å²) in [4.78, 5) is 20.6.